The van der Waals surface area contributed by atoms with Gasteiger partial charge in [0.2, 0.25) is 5.91 Å². The maximum absolute atomic E-state index is 11.6. The number of aromatic nitrogens is 2. The molecule has 0 fully saturated rings. The van der Waals surface area contributed by atoms with Crippen LogP contribution in [0.1, 0.15) is 0 Å². The van der Waals surface area contributed by atoms with E-state index < -0.39 is 0 Å². The van der Waals surface area contributed by atoms with Crippen LogP contribution < -0.4 is 14.8 Å². The van der Waals surface area contributed by atoms with Crippen molar-refractivity contribution in [1.29, 1.82) is 0 Å². The third-order valence-corrected chi connectivity index (χ3v) is 5.24. The lowest BCUT2D eigenvalue weighted by molar-refractivity contribution is -0.113. The molecule has 0 radical (unpaired) electrons. The summed E-state index contributed by atoms with van der Waals surface area (Å²) in [5.74, 6) is 1.24. The number of hydrogen-bond acceptors (Lipinski definition) is 4. The van der Waals surface area contributed by atoms with Gasteiger partial charge in [-0.05, 0) is 78.9 Å². The number of nitrogens with zero attached hydrogens (tertiary/aromatic N) is 2. The molecule has 0 saturated carbocycles. The van der Waals surface area contributed by atoms with Crippen molar-refractivity contribution in [2.75, 3.05) is 25.4 Å². The van der Waals surface area contributed by atoms with E-state index in [1.54, 1.807) is 14.2 Å². The van der Waals surface area contributed by atoms with Crippen molar-refractivity contribution in [2.45, 2.75) is 0 Å². The Hall–Kier alpha value is -3.77. The Morgan fingerprint density at radius 3 is 1.97 bits per heavy atom. The lowest BCUT2D eigenvalue weighted by atomic mass is 10.1. The van der Waals surface area contributed by atoms with Gasteiger partial charge < -0.3 is 14.8 Å². The van der Waals surface area contributed by atoms with Gasteiger partial charge in [-0.25, -0.2) is 4.68 Å². The van der Waals surface area contributed by atoms with Crippen LogP contribution in [0.15, 0.2) is 78.9 Å². The monoisotopic (exact) mass is 447 g/mol. The summed E-state index contributed by atoms with van der Waals surface area (Å²) >= 11 is 5.58. The van der Waals surface area contributed by atoms with Crippen LogP contribution in [0.2, 0.25) is 0 Å². The van der Waals surface area contributed by atoms with Crippen molar-refractivity contribution in [3.63, 3.8) is 0 Å². The standard InChI is InChI=1S/C25H22ClN3O3/c1-31-21-11-3-17(4-12-21)23-15-24(18-5-13-22(32-2)14-6-18)29(28-23)20-9-7-19(8-10-20)27-25(30)16-26/h3-15H,16H2,1-2H3,(H,27,30). The molecule has 1 N–H and O–H groups in total. The first kappa shape index (κ1) is 21.5. The number of ether oxygens (including phenoxy) is 2. The molecule has 1 aromatic heterocycles. The Kier molecular flexibility index (Phi) is 6.42. The molecule has 1 amide bonds. The number of methoxy groups -OCH3 is 2. The minimum atomic E-state index is -0.251. The van der Waals surface area contributed by atoms with E-state index >= 15 is 0 Å². The molecule has 0 atom stereocenters. The minimum Gasteiger partial charge on any atom is -0.497 e. The quantitative estimate of drug-likeness (QED) is 0.385. The molecule has 0 aliphatic heterocycles. The number of rotatable bonds is 7. The molecule has 0 saturated heterocycles. The highest BCUT2D eigenvalue weighted by atomic mass is 35.5. The van der Waals surface area contributed by atoms with E-state index in [-0.39, 0.29) is 11.8 Å². The van der Waals surface area contributed by atoms with E-state index in [0.717, 1.165) is 39.7 Å². The van der Waals surface area contributed by atoms with Crippen LogP contribution in [0.3, 0.4) is 0 Å². The molecule has 0 spiro atoms. The fourth-order valence-electron chi connectivity index (χ4n) is 3.33. The predicted octanol–water partition coefficient (Wildman–Crippen LogP) is 5.40. The Labute approximate surface area is 191 Å². The average Bonchev–Trinajstić information content (AvgIpc) is 3.30. The molecule has 0 unspecified atom stereocenters. The molecule has 0 bridgehead atoms. The van der Waals surface area contributed by atoms with Crippen LogP contribution in [0.4, 0.5) is 5.69 Å². The van der Waals surface area contributed by atoms with Crippen LogP contribution in [0.25, 0.3) is 28.2 Å². The van der Waals surface area contributed by atoms with Gasteiger partial charge >= 0.3 is 0 Å². The number of alkyl halides is 1. The first-order valence-corrected chi connectivity index (χ1v) is 10.5. The second-order valence-corrected chi connectivity index (χ2v) is 7.28. The second-order valence-electron chi connectivity index (χ2n) is 7.01. The van der Waals surface area contributed by atoms with Crippen molar-refractivity contribution < 1.29 is 14.3 Å². The van der Waals surface area contributed by atoms with Crippen LogP contribution in [0, 0.1) is 0 Å². The first-order valence-electron chi connectivity index (χ1n) is 9.96. The maximum atomic E-state index is 11.6. The van der Waals surface area contributed by atoms with E-state index in [1.165, 1.54) is 0 Å². The van der Waals surface area contributed by atoms with Gasteiger partial charge in [-0.3, -0.25) is 4.79 Å². The molecule has 0 aliphatic rings. The summed E-state index contributed by atoms with van der Waals surface area (Å²) in [6.07, 6.45) is 0. The van der Waals surface area contributed by atoms with Crippen LogP contribution in [0.5, 0.6) is 11.5 Å². The number of carbonyl (C=O) groups excluding carboxylic acids is 1. The Balaban J connectivity index is 1.76. The van der Waals surface area contributed by atoms with Gasteiger partial charge in [0.05, 0.1) is 31.3 Å². The van der Waals surface area contributed by atoms with Gasteiger partial charge in [0.25, 0.3) is 0 Å². The second kappa shape index (κ2) is 9.58. The lowest BCUT2D eigenvalue weighted by Crippen LogP contribution is -2.12. The fraction of sp³-hybridized carbons (Fsp3) is 0.120. The smallest absolute Gasteiger partial charge is 0.239 e. The summed E-state index contributed by atoms with van der Waals surface area (Å²) < 4.78 is 12.4. The number of hydrogen-bond donors (Lipinski definition) is 1. The highest BCUT2D eigenvalue weighted by molar-refractivity contribution is 6.29. The van der Waals surface area contributed by atoms with Gasteiger partial charge in [-0.15, -0.1) is 11.6 Å². The van der Waals surface area contributed by atoms with Gasteiger partial charge in [0.15, 0.2) is 0 Å². The van der Waals surface area contributed by atoms with Crippen molar-refractivity contribution in [3.05, 3.63) is 78.9 Å². The third kappa shape index (κ3) is 4.60. The molecule has 4 rings (SSSR count). The number of benzene rings is 3. The highest BCUT2D eigenvalue weighted by Crippen LogP contribution is 2.31. The van der Waals surface area contributed by atoms with Crippen LogP contribution >= 0.6 is 11.6 Å². The summed E-state index contributed by atoms with van der Waals surface area (Å²) in [5, 5.41) is 7.61. The molecular weight excluding hydrogens is 426 g/mol. The van der Waals surface area contributed by atoms with Gasteiger partial charge in [-0.2, -0.15) is 5.10 Å². The molecule has 32 heavy (non-hydrogen) atoms. The third-order valence-electron chi connectivity index (χ3n) is 5.00. The molecular formula is C25H22ClN3O3. The normalized spacial score (nSPS) is 10.6. The largest absolute Gasteiger partial charge is 0.497 e. The molecule has 7 heteroatoms. The van der Waals surface area contributed by atoms with Gasteiger partial charge in [0, 0.05) is 16.8 Å². The number of amides is 1. The van der Waals surface area contributed by atoms with E-state index in [2.05, 4.69) is 5.32 Å². The zero-order valence-corrected chi connectivity index (χ0v) is 18.5. The Morgan fingerprint density at radius 1 is 0.875 bits per heavy atom. The number of nitrogens with one attached hydrogen (secondary N) is 1. The predicted molar refractivity (Wildman–Crippen MR) is 127 cm³/mol. The molecule has 6 nitrogen and oxygen atoms in total. The Bertz CT molecular complexity index is 1200. The summed E-state index contributed by atoms with van der Waals surface area (Å²) in [7, 11) is 3.29. The number of halogens is 1. The molecule has 1 heterocycles. The molecule has 3 aromatic carbocycles. The highest BCUT2D eigenvalue weighted by Gasteiger charge is 2.14. The summed E-state index contributed by atoms with van der Waals surface area (Å²) in [4.78, 5) is 11.6. The molecule has 162 valence electrons. The molecule has 0 aliphatic carbocycles. The number of carbonyl (C=O) groups is 1. The zero-order chi connectivity index (χ0) is 22.5. The fourth-order valence-corrected chi connectivity index (χ4v) is 3.40. The van der Waals surface area contributed by atoms with Crippen molar-refractivity contribution in [3.8, 4) is 39.7 Å². The van der Waals surface area contributed by atoms with E-state index in [1.807, 2.05) is 83.5 Å². The maximum Gasteiger partial charge on any atom is 0.239 e. The van der Waals surface area contributed by atoms with Crippen molar-refractivity contribution in [1.82, 2.24) is 9.78 Å². The SMILES string of the molecule is COc1ccc(-c2cc(-c3ccc(OC)cc3)n(-c3ccc(NC(=O)CCl)cc3)n2)cc1. The van der Waals surface area contributed by atoms with Crippen LogP contribution in [-0.4, -0.2) is 35.8 Å². The summed E-state index contributed by atoms with van der Waals surface area (Å²) in [5.41, 5.74) is 5.27. The summed E-state index contributed by atoms with van der Waals surface area (Å²) in [6.45, 7) is 0. The first-order chi connectivity index (χ1) is 15.6. The zero-order valence-electron chi connectivity index (χ0n) is 17.7. The number of anilines is 1. The van der Waals surface area contributed by atoms with Crippen LogP contribution in [-0.2, 0) is 4.79 Å². The van der Waals surface area contributed by atoms with E-state index in [0.29, 0.717) is 5.69 Å². The average molecular weight is 448 g/mol. The van der Waals surface area contributed by atoms with E-state index in [4.69, 9.17) is 26.2 Å². The van der Waals surface area contributed by atoms with Gasteiger partial charge in [-0.1, -0.05) is 0 Å². The minimum absolute atomic E-state index is 0.0895. The Morgan fingerprint density at radius 2 is 1.44 bits per heavy atom. The van der Waals surface area contributed by atoms with Crippen molar-refractivity contribution in [2.24, 2.45) is 0 Å². The molecule has 4 aromatic rings. The summed E-state index contributed by atoms with van der Waals surface area (Å²) in [6, 6.07) is 25.1. The van der Waals surface area contributed by atoms with E-state index in [9.17, 15) is 4.79 Å². The van der Waals surface area contributed by atoms with Crippen molar-refractivity contribution >= 4 is 23.2 Å². The van der Waals surface area contributed by atoms with Gasteiger partial charge in [0.1, 0.15) is 17.4 Å². The topological polar surface area (TPSA) is 65.4 Å². The lowest BCUT2D eigenvalue weighted by Gasteiger charge is -2.10.